The summed E-state index contributed by atoms with van der Waals surface area (Å²) in [6.45, 7) is 7.99. The average Bonchev–Trinajstić information content (AvgIpc) is 3.32. The lowest BCUT2D eigenvalue weighted by Crippen LogP contribution is -2.29. The number of aryl methyl sites for hydroxylation is 3. The van der Waals surface area contributed by atoms with E-state index >= 15 is 0 Å². The van der Waals surface area contributed by atoms with Crippen molar-refractivity contribution in [3.05, 3.63) is 107 Å². The normalized spacial score (nSPS) is 17.8. The Kier molecular flexibility index (Phi) is 5.65. The number of pyridine rings is 2. The monoisotopic (exact) mass is 471 g/mol. The van der Waals surface area contributed by atoms with Crippen molar-refractivity contribution in [3.63, 3.8) is 0 Å². The SMILES string of the molecule is Cc1ccc(-n2c(C)cc(C3C(c4ccccn4)NC(=S)N3c3ccc(F)c(C)c3)c2C)nc1. The molecule has 1 saturated heterocycles. The zero-order valence-electron chi connectivity index (χ0n) is 19.6. The van der Waals surface area contributed by atoms with Crippen LogP contribution in [0.1, 0.15) is 45.9 Å². The van der Waals surface area contributed by atoms with Crippen molar-refractivity contribution in [1.82, 2.24) is 19.9 Å². The Morgan fingerprint density at radius 2 is 1.79 bits per heavy atom. The minimum absolute atomic E-state index is 0.168. The molecule has 0 bridgehead atoms. The highest BCUT2D eigenvalue weighted by molar-refractivity contribution is 7.80. The molecule has 5 rings (SSSR count). The van der Waals surface area contributed by atoms with Crippen LogP contribution >= 0.6 is 12.2 Å². The summed E-state index contributed by atoms with van der Waals surface area (Å²) in [5, 5.41) is 4.07. The van der Waals surface area contributed by atoms with E-state index in [2.05, 4.69) is 50.7 Å². The number of thiocarbonyl (C=S) groups is 1. The van der Waals surface area contributed by atoms with E-state index in [1.54, 1.807) is 19.2 Å². The molecule has 1 N–H and O–H groups in total. The lowest BCUT2D eigenvalue weighted by Gasteiger charge is -2.28. The van der Waals surface area contributed by atoms with Gasteiger partial charge in [0.05, 0.1) is 17.8 Å². The summed E-state index contributed by atoms with van der Waals surface area (Å²) in [6, 6.07) is 17.0. The number of benzene rings is 1. The van der Waals surface area contributed by atoms with E-state index in [4.69, 9.17) is 12.2 Å². The molecule has 0 saturated carbocycles. The second-order valence-electron chi connectivity index (χ2n) is 8.79. The van der Waals surface area contributed by atoms with Crippen LogP contribution in [0.4, 0.5) is 10.1 Å². The molecular formula is C27H26FN5S. The molecule has 1 aliphatic rings. The van der Waals surface area contributed by atoms with Crippen LogP contribution in [0.2, 0.25) is 0 Å². The van der Waals surface area contributed by atoms with Crippen LogP contribution in [0.3, 0.4) is 0 Å². The predicted molar refractivity (Wildman–Crippen MR) is 137 cm³/mol. The van der Waals surface area contributed by atoms with Gasteiger partial charge >= 0.3 is 0 Å². The smallest absolute Gasteiger partial charge is 0.174 e. The predicted octanol–water partition coefficient (Wildman–Crippen LogP) is 5.82. The maximum Gasteiger partial charge on any atom is 0.174 e. The first-order valence-corrected chi connectivity index (χ1v) is 11.6. The Balaban J connectivity index is 1.68. The molecule has 4 heterocycles. The molecule has 2 atom stereocenters. The maximum atomic E-state index is 14.1. The van der Waals surface area contributed by atoms with Gasteiger partial charge in [0.1, 0.15) is 11.6 Å². The van der Waals surface area contributed by atoms with Crippen molar-refractivity contribution < 1.29 is 4.39 Å². The lowest BCUT2D eigenvalue weighted by molar-refractivity contribution is 0.564. The van der Waals surface area contributed by atoms with E-state index in [0.717, 1.165) is 39.7 Å². The van der Waals surface area contributed by atoms with E-state index < -0.39 is 0 Å². The van der Waals surface area contributed by atoms with E-state index in [0.29, 0.717) is 10.7 Å². The minimum atomic E-state index is -0.233. The fourth-order valence-electron chi connectivity index (χ4n) is 4.76. The van der Waals surface area contributed by atoms with Crippen LogP contribution in [-0.2, 0) is 0 Å². The molecule has 0 spiro atoms. The highest BCUT2D eigenvalue weighted by Gasteiger charge is 2.42. The van der Waals surface area contributed by atoms with Gasteiger partial charge < -0.3 is 14.8 Å². The Morgan fingerprint density at radius 3 is 2.47 bits per heavy atom. The molecule has 0 radical (unpaired) electrons. The number of hydrogen-bond acceptors (Lipinski definition) is 3. The Bertz CT molecular complexity index is 1360. The van der Waals surface area contributed by atoms with Crippen molar-refractivity contribution in [2.45, 2.75) is 39.8 Å². The van der Waals surface area contributed by atoms with Crippen molar-refractivity contribution in [3.8, 4) is 5.82 Å². The number of nitrogens with zero attached hydrogens (tertiary/aromatic N) is 4. The highest BCUT2D eigenvalue weighted by atomic mass is 32.1. The first-order chi connectivity index (χ1) is 16.3. The van der Waals surface area contributed by atoms with Crippen LogP contribution in [0.25, 0.3) is 5.82 Å². The third-order valence-electron chi connectivity index (χ3n) is 6.43. The van der Waals surface area contributed by atoms with Gasteiger partial charge in [0.25, 0.3) is 0 Å². The number of aromatic nitrogens is 3. The van der Waals surface area contributed by atoms with Crippen molar-refractivity contribution >= 4 is 23.0 Å². The van der Waals surface area contributed by atoms with Gasteiger partial charge in [-0.1, -0.05) is 12.1 Å². The quantitative estimate of drug-likeness (QED) is 0.380. The molecule has 1 aliphatic heterocycles. The standard InChI is InChI=1S/C27H26FN5S/c1-16-8-11-24(30-15-16)32-18(3)14-21(19(32)4)26-25(23-7-5-6-12-29-23)31-27(34)33(26)20-9-10-22(28)17(2)13-20/h5-15,25-26H,1-4H3,(H,31,34). The summed E-state index contributed by atoms with van der Waals surface area (Å²) in [5.74, 6) is 0.641. The number of anilines is 1. The molecular weight excluding hydrogens is 445 g/mol. The van der Waals surface area contributed by atoms with Crippen molar-refractivity contribution in [1.29, 1.82) is 0 Å². The second-order valence-corrected chi connectivity index (χ2v) is 9.17. The van der Waals surface area contributed by atoms with Gasteiger partial charge in [-0.05, 0) is 99.1 Å². The maximum absolute atomic E-state index is 14.1. The molecule has 1 aromatic carbocycles. The first kappa shape index (κ1) is 22.2. The summed E-state index contributed by atoms with van der Waals surface area (Å²) >= 11 is 5.82. The van der Waals surface area contributed by atoms with E-state index in [9.17, 15) is 4.39 Å². The molecule has 2 unspecified atom stereocenters. The van der Waals surface area contributed by atoms with Crippen LogP contribution in [-0.4, -0.2) is 19.6 Å². The second kappa shape index (κ2) is 8.65. The first-order valence-electron chi connectivity index (χ1n) is 11.2. The topological polar surface area (TPSA) is 46.0 Å². The summed E-state index contributed by atoms with van der Waals surface area (Å²) in [4.78, 5) is 11.4. The highest BCUT2D eigenvalue weighted by Crippen LogP contribution is 2.43. The number of nitrogens with one attached hydrogen (secondary N) is 1. The van der Waals surface area contributed by atoms with Gasteiger partial charge in [0, 0.05) is 29.5 Å². The third-order valence-corrected chi connectivity index (χ3v) is 6.75. The molecule has 1 fully saturated rings. The van der Waals surface area contributed by atoms with Gasteiger partial charge in [-0.25, -0.2) is 9.37 Å². The molecule has 34 heavy (non-hydrogen) atoms. The van der Waals surface area contributed by atoms with Crippen molar-refractivity contribution in [2.75, 3.05) is 4.90 Å². The molecule has 7 heteroatoms. The summed E-state index contributed by atoms with van der Waals surface area (Å²) in [7, 11) is 0. The van der Waals surface area contributed by atoms with Crippen LogP contribution < -0.4 is 10.2 Å². The van der Waals surface area contributed by atoms with Gasteiger partial charge in [-0.2, -0.15) is 0 Å². The van der Waals surface area contributed by atoms with E-state index in [-0.39, 0.29) is 17.9 Å². The molecule has 5 nitrogen and oxygen atoms in total. The summed E-state index contributed by atoms with van der Waals surface area (Å²) in [6.07, 6.45) is 3.67. The Hall–Kier alpha value is -3.58. The third kappa shape index (κ3) is 3.76. The minimum Gasteiger partial charge on any atom is -0.351 e. The largest absolute Gasteiger partial charge is 0.351 e. The van der Waals surface area contributed by atoms with Crippen LogP contribution in [0.5, 0.6) is 0 Å². The number of rotatable bonds is 4. The van der Waals surface area contributed by atoms with Crippen molar-refractivity contribution in [2.24, 2.45) is 0 Å². The zero-order chi connectivity index (χ0) is 24.0. The van der Waals surface area contributed by atoms with E-state index in [1.807, 2.05) is 43.5 Å². The number of hydrogen-bond donors (Lipinski definition) is 1. The molecule has 172 valence electrons. The molecule has 3 aromatic heterocycles. The van der Waals surface area contributed by atoms with Crippen LogP contribution in [0.15, 0.2) is 67.0 Å². The van der Waals surface area contributed by atoms with Gasteiger partial charge in [-0.3, -0.25) is 4.98 Å². The van der Waals surface area contributed by atoms with Gasteiger partial charge in [0.2, 0.25) is 0 Å². The average molecular weight is 472 g/mol. The summed E-state index contributed by atoms with van der Waals surface area (Å²) < 4.78 is 16.3. The Morgan fingerprint density at radius 1 is 0.971 bits per heavy atom. The van der Waals surface area contributed by atoms with E-state index in [1.165, 1.54) is 6.07 Å². The molecule has 0 amide bonds. The fraction of sp³-hybridized carbons (Fsp3) is 0.222. The molecule has 0 aliphatic carbocycles. The fourth-order valence-corrected chi connectivity index (χ4v) is 5.11. The van der Waals surface area contributed by atoms with Gasteiger partial charge in [0.15, 0.2) is 5.11 Å². The Labute approximate surface area is 204 Å². The zero-order valence-corrected chi connectivity index (χ0v) is 20.4. The number of halogens is 1. The van der Waals surface area contributed by atoms with Gasteiger partial charge in [-0.15, -0.1) is 0 Å². The summed E-state index contributed by atoms with van der Waals surface area (Å²) in [5.41, 5.74) is 6.71. The molecule has 4 aromatic rings. The van der Waals surface area contributed by atoms with Crippen LogP contribution in [0, 0.1) is 33.5 Å². The lowest BCUT2D eigenvalue weighted by atomic mass is 9.96.